The highest BCUT2D eigenvalue weighted by molar-refractivity contribution is 7.98. The highest BCUT2D eigenvalue weighted by Gasteiger charge is 2.22. The second-order valence-electron chi connectivity index (χ2n) is 7.47. The molecule has 0 fully saturated rings. The Morgan fingerprint density at radius 1 is 1.10 bits per heavy atom. The number of nitrogens with zero attached hydrogens (tertiary/aromatic N) is 4. The molecular weight excluding hydrogens is 403 g/mol. The number of aromatic nitrogens is 4. The number of benzene rings is 1. The number of hydrogen-bond acceptors (Lipinski definition) is 5. The number of hydrogen-bond donors (Lipinski definition) is 0. The molecule has 4 aromatic rings. The highest BCUT2D eigenvalue weighted by Crippen LogP contribution is 2.40. The summed E-state index contributed by atoms with van der Waals surface area (Å²) in [5.74, 6) is 1.17. The van der Waals surface area contributed by atoms with Crippen LogP contribution in [0.1, 0.15) is 40.2 Å². The lowest BCUT2D eigenvalue weighted by molar-refractivity contribution is 0.627. The van der Waals surface area contributed by atoms with E-state index in [0.29, 0.717) is 5.95 Å². The van der Waals surface area contributed by atoms with Gasteiger partial charge in [-0.15, -0.1) is 23.1 Å². The summed E-state index contributed by atoms with van der Waals surface area (Å²) >= 11 is 3.50. The summed E-state index contributed by atoms with van der Waals surface area (Å²) < 4.78 is 15.1. The van der Waals surface area contributed by atoms with E-state index < -0.39 is 0 Å². The predicted octanol–water partition coefficient (Wildman–Crippen LogP) is 5.80. The average molecular weight is 425 g/mol. The van der Waals surface area contributed by atoms with E-state index in [4.69, 9.17) is 9.97 Å². The van der Waals surface area contributed by atoms with Crippen LogP contribution in [-0.2, 0) is 18.6 Å². The standard InChI is InChI=1S/C22H21FN4S2/c1-13-11-14(2)27(26-13)22-24-20(28-12-15-7-9-16(23)10-8-15)19-17-5-3-4-6-18(17)29-21(19)25-22/h7-11H,3-6,12H2,1-2H3. The number of rotatable bonds is 4. The molecule has 0 spiro atoms. The second-order valence-corrected chi connectivity index (χ2v) is 9.52. The van der Waals surface area contributed by atoms with Gasteiger partial charge in [-0.2, -0.15) is 10.1 Å². The molecule has 0 bridgehead atoms. The van der Waals surface area contributed by atoms with E-state index in [0.717, 1.165) is 45.4 Å². The summed E-state index contributed by atoms with van der Waals surface area (Å²) in [6, 6.07) is 8.74. The first-order chi connectivity index (χ1) is 14.1. The molecule has 148 valence electrons. The van der Waals surface area contributed by atoms with Crippen LogP contribution in [0.2, 0.25) is 0 Å². The van der Waals surface area contributed by atoms with Crippen LogP contribution in [0.4, 0.5) is 4.39 Å². The minimum absolute atomic E-state index is 0.207. The molecule has 1 aromatic carbocycles. The van der Waals surface area contributed by atoms with E-state index in [1.165, 1.54) is 40.8 Å². The van der Waals surface area contributed by atoms with E-state index in [2.05, 4.69) is 5.10 Å². The van der Waals surface area contributed by atoms with Gasteiger partial charge in [-0.05, 0) is 68.9 Å². The molecule has 3 heterocycles. The van der Waals surface area contributed by atoms with Crippen LogP contribution in [0.25, 0.3) is 16.2 Å². The Morgan fingerprint density at radius 2 is 1.90 bits per heavy atom. The molecule has 0 radical (unpaired) electrons. The van der Waals surface area contributed by atoms with Gasteiger partial charge in [0.1, 0.15) is 15.7 Å². The van der Waals surface area contributed by atoms with Crippen molar-refractivity contribution in [1.82, 2.24) is 19.7 Å². The fraction of sp³-hybridized carbons (Fsp3) is 0.318. The Balaban J connectivity index is 1.61. The first-order valence-electron chi connectivity index (χ1n) is 9.81. The first kappa shape index (κ1) is 18.8. The van der Waals surface area contributed by atoms with Crippen molar-refractivity contribution in [2.75, 3.05) is 0 Å². The van der Waals surface area contributed by atoms with Crippen LogP contribution in [0.15, 0.2) is 35.4 Å². The SMILES string of the molecule is Cc1cc(C)n(-c2nc(SCc3ccc(F)cc3)c3c4c(sc3n2)CCCC4)n1. The first-order valence-corrected chi connectivity index (χ1v) is 11.6. The van der Waals surface area contributed by atoms with E-state index in [1.807, 2.05) is 36.7 Å². The molecule has 0 saturated carbocycles. The summed E-state index contributed by atoms with van der Waals surface area (Å²) in [6.07, 6.45) is 4.70. The maximum Gasteiger partial charge on any atom is 0.253 e. The lowest BCUT2D eigenvalue weighted by atomic mass is 9.97. The van der Waals surface area contributed by atoms with Gasteiger partial charge in [0.05, 0.1) is 5.69 Å². The Labute approximate surface area is 177 Å². The number of fused-ring (bicyclic) bond motifs is 3. The smallest absolute Gasteiger partial charge is 0.207 e. The summed E-state index contributed by atoms with van der Waals surface area (Å²) in [5.41, 5.74) is 4.49. The molecule has 0 aliphatic heterocycles. The third kappa shape index (κ3) is 3.57. The molecule has 0 amide bonds. The molecule has 5 rings (SSSR count). The maximum atomic E-state index is 13.2. The van der Waals surface area contributed by atoms with Crippen LogP contribution >= 0.6 is 23.1 Å². The number of thioether (sulfide) groups is 1. The Kier molecular flexibility index (Phi) is 4.87. The Bertz CT molecular complexity index is 1190. The predicted molar refractivity (Wildman–Crippen MR) is 117 cm³/mol. The van der Waals surface area contributed by atoms with Crippen LogP contribution < -0.4 is 0 Å². The van der Waals surface area contributed by atoms with Gasteiger partial charge in [-0.1, -0.05) is 12.1 Å². The lowest BCUT2D eigenvalue weighted by Gasteiger charge is -2.12. The summed E-state index contributed by atoms with van der Waals surface area (Å²) in [6.45, 7) is 4.01. The molecule has 3 aromatic heterocycles. The van der Waals surface area contributed by atoms with E-state index >= 15 is 0 Å². The van der Waals surface area contributed by atoms with Crippen molar-refractivity contribution in [1.29, 1.82) is 0 Å². The second kappa shape index (κ2) is 7.54. The van der Waals surface area contributed by atoms with Gasteiger partial charge < -0.3 is 0 Å². The van der Waals surface area contributed by atoms with Crippen LogP contribution in [0, 0.1) is 19.7 Å². The van der Waals surface area contributed by atoms with E-state index in [9.17, 15) is 4.39 Å². The fourth-order valence-electron chi connectivity index (χ4n) is 3.88. The third-order valence-electron chi connectivity index (χ3n) is 5.26. The Hall–Kier alpha value is -2.25. The van der Waals surface area contributed by atoms with Gasteiger partial charge in [0.2, 0.25) is 0 Å². The molecule has 0 saturated heterocycles. The largest absolute Gasteiger partial charge is 0.253 e. The summed E-state index contributed by atoms with van der Waals surface area (Å²) in [4.78, 5) is 12.3. The summed E-state index contributed by atoms with van der Waals surface area (Å²) in [5, 5.41) is 6.80. The van der Waals surface area contributed by atoms with Crippen LogP contribution in [0.3, 0.4) is 0 Å². The zero-order valence-corrected chi connectivity index (χ0v) is 18.0. The topological polar surface area (TPSA) is 43.6 Å². The molecule has 1 aliphatic carbocycles. The van der Waals surface area contributed by atoms with Crippen molar-refractivity contribution in [3.63, 3.8) is 0 Å². The van der Waals surface area contributed by atoms with E-state index in [-0.39, 0.29) is 5.82 Å². The van der Waals surface area contributed by atoms with E-state index in [1.54, 1.807) is 23.1 Å². The quantitative estimate of drug-likeness (QED) is 0.307. The normalized spacial score (nSPS) is 13.8. The van der Waals surface area contributed by atoms with Crippen molar-refractivity contribution >= 4 is 33.3 Å². The molecule has 0 N–H and O–H groups in total. The van der Waals surface area contributed by atoms with Crippen molar-refractivity contribution in [3.05, 3.63) is 63.5 Å². The number of aryl methyl sites for hydroxylation is 4. The zero-order chi connectivity index (χ0) is 20.0. The van der Waals surface area contributed by atoms with Gasteiger partial charge in [0.15, 0.2) is 0 Å². The molecule has 4 nitrogen and oxygen atoms in total. The van der Waals surface area contributed by atoms with Gasteiger partial charge in [-0.3, -0.25) is 0 Å². The molecule has 7 heteroatoms. The summed E-state index contributed by atoms with van der Waals surface area (Å²) in [7, 11) is 0. The number of thiophene rings is 1. The Morgan fingerprint density at radius 3 is 2.66 bits per heavy atom. The van der Waals surface area contributed by atoms with Crippen molar-refractivity contribution < 1.29 is 4.39 Å². The number of halogens is 1. The zero-order valence-electron chi connectivity index (χ0n) is 16.4. The monoisotopic (exact) mass is 424 g/mol. The minimum Gasteiger partial charge on any atom is -0.207 e. The van der Waals surface area contributed by atoms with Crippen molar-refractivity contribution in [2.45, 2.75) is 50.3 Å². The molecule has 0 unspecified atom stereocenters. The highest BCUT2D eigenvalue weighted by atomic mass is 32.2. The van der Waals surface area contributed by atoms with Gasteiger partial charge >= 0.3 is 0 Å². The van der Waals surface area contributed by atoms with Gasteiger partial charge in [-0.25, -0.2) is 14.1 Å². The van der Waals surface area contributed by atoms with Crippen LogP contribution in [-0.4, -0.2) is 19.7 Å². The molecule has 29 heavy (non-hydrogen) atoms. The van der Waals surface area contributed by atoms with Crippen LogP contribution in [0.5, 0.6) is 0 Å². The third-order valence-corrected chi connectivity index (χ3v) is 7.49. The molecule has 0 atom stereocenters. The van der Waals surface area contributed by atoms with Gasteiger partial charge in [0.25, 0.3) is 5.95 Å². The average Bonchev–Trinajstić information content (AvgIpc) is 3.26. The molecular formula is C22H21FN4S2. The minimum atomic E-state index is -0.207. The lowest BCUT2D eigenvalue weighted by Crippen LogP contribution is -2.06. The van der Waals surface area contributed by atoms with Gasteiger partial charge in [0, 0.05) is 21.7 Å². The van der Waals surface area contributed by atoms with Crippen molar-refractivity contribution in [3.8, 4) is 5.95 Å². The molecule has 1 aliphatic rings. The maximum absolute atomic E-state index is 13.2. The fourth-order valence-corrected chi connectivity index (χ4v) is 6.20. The van der Waals surface area contributed by atoms with Crippen molar-refractivity contribution in [2.24, 2.45) is 0 Å².